The first kappa shape index (κ1) is 11.2. The van der Waals surface area contributed by atoms with E-state index >= 15 is 0 Å². The summed E-state index contributed by atoms with van der Waals surface area (Å²) < 4.78 is 10.5. The van der Waals surface area contributed by atoms with Crippen LogP contribution in [-0.4, -0.2) is 42.3 Å². The third-order valence-electron chi connectivity index (χ3n) is 2.84. The molecule has 1 N–H and O–H groups in total. The topological polar surface area (TPSA) is 62.9 Å². The molecule has 0 unspecified atom stereocenters. The van der Waals surface area contributed by atoms with Gasteiger partial charge in [0.2, 0.25) is 5.76 Å². The van der Waals surface area contributed by atoms with Crippen molar-refractivity contribution in [3.63, 3.8) is 0 Å². The summed E-state index contributed by atoms with van der Waals surface area (Å²) in [5, 5.41) is 8.76. The molecule has 5 nitrogen and oxygen atoms in total. The number of carbonyl (C=O) groups is 1. The van der Waals surface area contributed by atoms with Gasteiger partial charge in [-0.3, -0.25) is 4.90 Å². The Morgan fingerprint density at radius 1 is 1.44 bits per heavy atom. The van der Waals surface area contributed by atoms with E-state index in [1.807, 2.05) is 6.92 Å². The zero-order valence-electron chi connectivity index (χ0n) is 9.18. The second kappa shape index (κ2) is 4.67. The van der Waals surface area contributed by atoms with Gasteiger partial charge in [-0.15, -0.1) is 0 Å². The van der Waals surface area contributed by atoms with E-state index in [2.05, 4.69) is 4.90 Å². The highest BCUT2D eigenvalue weighted by atomic mass is 16.5. The molecule has 0 radical (unpaired) electrons. The Labute approximate surface area is 93.6 Å². The lowest BCUT2D eigenvalue weighted by atomic mass is 10.2. The van der Waals surface area contributed by atoms with Crippen LogP contribution in [0.1, 0.15) is 29.3 Å². The molecular formula is C11H15NO4. The Balaban J connectivity index is 2.07. The fraction of sp³-hybridized carbons (Fsp3) is 0.545. The summed E-state index contributed by atoms with van der Waals surface area (Å²) in [4.78, 5) is 12.9. The number of carboxylic acids is 1. The van der Waals surface area contributed by atoms with Gasteiger partial charge in [-0.05, 0) is 19.1 Å². The van der Waals surface area contributed by atoms with Crippen molar-refractivity contribution in [3.8, 4) is 0 Å². The van der Waals surface area contributed by atoms with E-state index in [9.17, 15) is 4.79 Å². The van der Waals surface area contributed by atoms with E-state index in [1.54, 1.807) is 6.07 Å². The van der Waals surface area contributed by atoms with E-state index in [-0.39, 0.29) is 11.8 Å². The largest absolute Gasteiger partial charge is 0.475 e. The highest BCUT2D eigenvalue weighted by molar-refractivity contribution is 5.84. The first-order valence-corrected chi connectivity index (χ1v) is 5.33. The Morgan fingerprint density at radius 3 is 2.69 bits per heavy atom. The Bertz CT molecular complexity index is 368. The standard InChI is InChI=1S/C11H15NO4/c1-8(12-4-6-15-7-5-12)9-2-3-10(16-9)11(13)14/h2-3,8H,4-7H2,1H3,(H,13,14)/t8-/m1/s1. The number of rotatable bonds is 3. The number of nitrogens with zero attached hydrogens (tertiary/aromatic N) is 1. The van der Waals surface area contributed by atoms with Gasteiger partial charge in [-0.25, -0.2) is 4.79 Å². The van der Waals surface area contributed by atoms with Gasteiger partial charge in [-0.1, -0.05) is 0 Å². The molecule has 0 aliphatic carbocycles. The third-order valence-corrected chi connectivity index (χ3v) is 2.84. The highest BCUT2D eigenvalue weighted by Gasteiger charge is 2.22. The number of aromatic carboxylic acids is 1. The van der Waals surface area contributed by atoms with Gasteiger partial charge in [0.1, 0.15) is 5.76 Å². The number of morpholine rings is 1. The molecule has 0 saturated carbocycles. The summed E-state index contributed by atoms with van der Waals surface area (Å²) in [6.07, 6.45) is 0. The lowest BCUT2D eigenvalue weighted by molar-refractivity contribution is 0.0153. The molecule has 1 aliphatic rings. The predicted octanol–water partition coefficient (Wildman–Crippen LogP) is 1.37. The van der Waals surface area contributed by atoms with E-state index in [0.717, 1.165) is 26.3 Å². The van der Waals surface area contributed by atoms with Crippen LogP contribution in [0.15, 0.2) is 16.5 Å². The molecule has 1 atom stereocenters. The maximum absolute atomic E-state index is 10.7. The molecule has 0 amide bonds. The van der Waals surface area contributed by atoms with Crippen molar-refractivity contribution < 1.29 is 19.1 Å². The molecule has 1 aromatic rings. The number of furan rings is 1. The number of hydrogen-bond acceptors (Lipinski definition) is 4. The maximum atomic E-state index is 10.7. The van der Waals surface area contributed by atoms with Gasteiger partial charge < -0.3 is 14.3 Å². The van der Waals surface area contributed by atoms with Crippen molar-refractivity contribution >= 4 is 5.97 Å². The van der Waals surface area contributed by atoms with Crippen LogP contribution in [0.4, 0.5) is 0 Å². The van der Waals surface area contributed by atoms with Crippen molar-refractivity contribution in [1.82, 2.24) is 4.90 Å². The summed E-state index contributed by atoms with van der Waals surface area (Å²) in [5.41, 5.74) is 0. The zero-order valence-corrected chi connectivity index (χ0v) is 9.18. The van der Waals surface area contributed by atoms with Crippen LogP contribution < -0.4 is 0 Å². The van der Waals surface area contributed by atoms with Gasteiger partial charge in [0.05, 0.1) is 19.3 Å². The lowest BCUT2D eigenvalue weighted by Gasteiger charge is -2.30. The van der Waals surface area contributed by atoms with E-state index in [1.165, 1.54) is 6.07 Å². The Kier molecular flexibility index (Phi) is 3.26. The molecule has 1 saturated heterocycles. The Hall–Kier alpha value is -1.33. The number of carboxylic acid groups (broad SMARTS) is 1. The first-order valence-electron chi connectivity index (χ1n) is 5.33. The molecule has 0 bridgehead atoms. The highest BCUT2D eigenvalue weighted by Crippen LogP contribution is 2.23. The van der Waals surface area contributed by atoms with Gasteiger partial charge in [-0.2, -0.15) is 0 Å². The van der Waals surface area contributed by atoms with Crippen molar-refractivity contribution in [3.05, 3.63) is 23.7 Å². The molecule has 0 aromatic carbocycles. The lowest BCUT2D eigenvalue weighted by Crippen LogP contribution is -2.37. The number of ether oxygens (including phenoxy) is 1. The second-order valence-corrected chi connectivity index (χ2v) is 3.83. The minimum Gasteiger partial charge on any atom is -0.475 e. The summed E-state index contributed by atoms with van der Waals surface area (Å²) in [5.74, 6) is -0.338. The monoisotopic (exact) mass is 225 g/mol. The van der Waals surface area contributed by atoms with Crippen molar-refractivity contribution in [2.75, 3.05) is 26.3 Å². The van der Waals surface area contributed by atoms with Crippen molar-refractivity contribution in [2.24, 2.45) is 0 Å². The number of hydrogen-bond donors (Lipinski definition) is 1. The molecule has 1 aliphatic heterocycles. The SMILES string of the molecule is C[C@H](c1ccc(C(=O)O)o1)N1CCOCC1. The second-order valence-electron chi connectivity index (χ2n) is 3.83. The van der Waals surface area contributed by atoms with Crippen LogP contribution in [0.25, 0.3) is 0 Å². The molecule has 1 fully saturated rings. The molecule has 5 heteroatoms. The molecular weight excluding hydrogens is 210 g/mol. The fourth-order valence-corrected chi connectivity index (χ4v) is 1.84. The summed E-state index contributed by atoms with van der Waals surface area (Å²) in [7, 11) is 0. The zero-order chi connectivity index (χ0) is 11.5. The molecule has 88 valence electrons. The van der Waals surface area contributed by atoms with Crippen LogP contribution in [0.5, 0.6) is 0 Å². The smallest absolute Gasteiger partial charge is 0.371 e. The van der Waals surface area contributed by atoms with Gasteiger partial charge >= 0.3 is 5.97 Å². The van der Waals surface area contributed by atoms with E-state index in [0.29, 0.717) is 5.76 Å². The van der Waals surface area contributed by atoms with Gasteiger partial charge in [0, 0.05) is 13.1 Å². The van der Waals surface area contributed by atoms with Crippen LogP contribution in [-0.2, 0) is 4.74 Å². The predicted molar refractivity (Wildman–Crippen MR) is 56.5 cm³/mol. The first-order chi connectivity index (χ1) is 7.68. The van der Waals surface area contributed by atoms with Crippen LogP contribution in [0, 0.1) is 0 Å². The van der Waals surface area contributed by atoms with E-state index < -0.39 is 5.97 Å². The average Bonchev–Trinajstić information content (AvgIpc) is 2.78. The maximum Gasteiger partial charge on any atom is 0.371 e. The van der Waals surface area contributed by atoms with Gasteiger partial charge in [0.25, 0.3) is 0 Å². The van der Waals surface area contributed by atoms with Crippen molar-refractivity contribution in [1.29, 1.82) is 0 Å². The Morgan fingerprint density at radius 2 is 2.12 bits per heavy atom. The molecule has 16 heavy (non-hydrogen) atoms. The molecule has 2 rings (SSSR count). The average molecular weight is 225 g/mol. The van der Waals surface area contributed by atoms with Crippen LogP contribution in [0.2, 0.25) is 0 Å². The third kappa shape index (κ3) is 2.25. The molecule has 0 spiro atoms. The summed E-state index contributed by atoms with van der Waals surface area (Å²) in [6, 6.07) is 3.31. The molecule has 2 heterocycles. The fourth-order valence-electron chi connectivity index (χ4n) is 1.84. The summed E-state index contributed by atoms with van der Waals surface area (Å²) >= 11 is 0. The quantitative estimate of drug-likeness (QED) is 0.841. The minimum atomic E-state index is -1.03. The van der Waals surface area contributed by atoms with Gasteiger partial charge in [0.15, 0.2) is 0 Å². The molecule has 1 aromatic heterocycles. The minimum absolute atomic E-state index is 0.00453. The van der Waals surface area contributed by atoms with Crippen LogP contribution >= 0.6 is 0 Å². The normalized spacial score (nSPS) is 19.6. The summed E-state index contributed by atoms with van der Waals surface area (Å²) in [6.45, 7) is 5.15. The van der Waals surface area contributed by atoms with Crippen LogP contribution in [0.3, 0.4) is 0 Å². The van der Waals surface area contributed by atoms with Crippen molar-refractivity contribution in [2.45, 2.75) is 13.0 Å². The van der Waals surface area contributed by atoms with E-state index in [4.69, 9.17) is 14.3 Å².